The molecule has 0 radical (unpaired) electrons. The van der Waals surface area contributed by atoms with Gasteiger partial charge in [-0.1, -0.05) is 54.1 Å². The van der Waals surface area contributed by atoms with Gasteiger partial charge in [0.05, 0.1) is 0 Å². The summed E-state index contributed by atoms with van der Waals surface area (Å²) in [4.78, 5) is 26.3. The number of halogens is 1. The molecule has 1 N–H and O–H groups in total. The van der Waals surface area contributed by atoms with E-state index in [1.54, 1.807) is 17.8 Å². The summed E-state index contributed by atoms with van der Waals surface area (Å²) >= 11 is 7.48. The molecule has 1 aliphatic rings. The van der Waals surface area contributed by atoms with Gasteiger partial charge in [-0.25, -0.2) is 0 Å². The van der Waals surface area contributed by atoms with E-state index in [-0.39, 0.29) is 11.7 Å². The molecule has 0 aliphatic carbocycles. The van der Waals surface area contributed by atoms with Crippen molar-refractivity contribution in [3.63, 3.8) is 0 Å². The van der Waals surface area contributed by atoms with Gasteiger partial charge < -0.3 is 5.32 Å². The van der Waals surface area contributed by atoms with Crippen LogP contribution in [-0.2, 0) is 17.6 Å². The number of fused-ring (bicyclic) bond motifs is 1. The van der Waals surface area contributed by atoms with Crippen LogP contribution >= 0.6 is 23.4 Å². The van der Waals surface area contributed by atoms with Gasteiger partial charge in [0.15, 0.2) is 5.78 Å². The number of rotatable bonds is 5. The zero-order valence-electron chi connectivity index (χ0n) is 15.7. The van der Waals surface area contributed by atoms with Crippen LogP contribution in [0, 0.1) is 5.92 Å². The van der Waals surface area contributed by atoms with E-state index in [4.69, 9.17) is 11.6 Å². The Balaban J connectivity index is 1.35. The highest BCUT2D eigenvalue weighted by Gasteiger charge is 2.33. The van der Waals surface area contributed by atoms with E-state index in [0.29, 0.717) is 17.0 Å². The summed E-state index contributed by atoms with van der Waals surface area (Å²) in [6.45, 7) is 0. The number of thioether (sulfide) groups is 1. The Bertz CT molecular complexity index is 1030. The normalized spacial score (nSPS) is 15.6. The van der Waals surface area contributed by atoms with Gasteiger partial charge in [-0.2, -0.15) is 0 Å². The summed E-state index contributed by atoms with van der Waals surface area (Å²) in [6.07, 6.45) is 1.83. The fraction of sp³-hybridized carbons (Fsp3) is 0.167. The third-order valence-corrected chi connectivity index (χ3v) is 6.45. The van der Waals surface area contributed by atoms with E-state index in [1.165, 1.54) is 11.1 Å². The van der Waals surface area contributed by atoms with Crippen molar-refractivity contribution in [3.8, 4) is 0 Å². The number of nitrogens with one attached hydrogen (secondary N) is 1. The molecule has 1 amide bonds. The van der Waals surface area contributed by atoms with Gasteiger partial charge >= 0.3 is 0 Å². The van der Waals surface area contributed by atoms with Gasteiger partial charge in [0, 0.05) is 26.9 Å². The van der Waals surface area contributed by atoms with Crippen molar-refractivity contribution in [3.05, 3.63) is 94.5 Å². The highest BCUT2D eigenvalue weighted by molar-refractivity contribution is 7.99. The van der Waals surface area contributed by atoms with Crippen LogP contribution in [0.2, 0.25) is 5.02 Å². The van der Waals surface area contributed by atoms with Crippen molar-refractivity contribution in [2.75, 3.05) is 11.1 Å². The standard InChI is InChI=1S/C24H20ClNO2S/c25-18-11-7-16(8-12-18)5-6-17-9-13-19(14-10-17)26-24(28)21-15-29-22-4-2-1-3-20(22)23(21)27/h1-4,7-14,21H,5-6,15H2,(H,26,28). The Morgan fingerprint density at radius 1 is 0.931 bits per heavy atom. The number of hydrogen-bond acceptors (Lipinski definition) is 3. The molecule has 0 spiro atoms. The molecular formula is C24H20ClNO2S. The van der Waals surface area contributed by atoms with Crippen molar-refractivity contribution < 1.29 is 9.59 Å². The predicted octanol–water partition coefficient (Wildman–Crippen LogP) is 5.67. The number of carbonyl (C=O) groups excluding carboxylic acids is 2. The molecule has 5 heteroatoms. The Kier molecular flexibility index (Phi) is 6.02. The lowest BCUT2D eigenvalue weighted by atomic mass is 9.97. The average Bonchev–Trinajstić information content (AvgIpc) is 2.75. The van der Waals surface area contributed by atoms with Crippen molar-refractivity contribution in [2.45, 2.75) is 17.7 Å². The minimum atomic E-state index is -0.653. The van der Waals surface area contributed by atoms with Crippen LogP contribution in [0.15, 0.2) is 77.7 Å². The summed E-state index contributed by atoms with van der Waals surface area (Å²) in [7, 11) is 0. The lowest BCUT2D eigenvalue weighted by Crippen LogP contribution is -2.34. The summed E-state index contributed by atoms with van der Waals surface area (Å²) in [5, 5.41) is 3.64. The molecular weight excluding hydrogens is 402 g/mol. The van der Waals surface area contributed by atoms with Crippen LogP contribution in [0.4, 0.5) is 5.69 Å². The number of anilines is 1. The van der Waals surface area contributed by atoms with Crippen LogP contribution in [0.25, 0.3) is 0 Å². The number of hydrogen-bond donors (Lipinski definition) is 1. The van der Waals surface area contributed by atoms with E-state index in [0.717, 1.165) is 22.8 Å². The van der Waals surface area contributed by atoms with Crippen molar-refractivity contribution >= 4 is 40.7 Å². The number of aryl methyl sites for hydroxylation is 2. The summed E-state index contributed by atoms with van der Waals surface area (Å²) in [5.74, 6) is -0.525. The second kappa shape index (κ2) is 8.85. The van der Waals surface area contributed by atoms with E-state index in [1.807, 2.05) is 66.7 Å². The molecule has 3 aromatic carbocycles. The molecule has 0 fully saturated rings. The quantitative estimate of drug-likeness (QED) is 0.540. The highest BCUT2D eigenvalue weighted by Crippen LogP contribution is 2.33. The van der Waals surface area contributed by atoms with Crippen LogP contribution in [0.1, 0.15) is 21.5 Å². The molecule has 3 nitrogen and oxygen atoms in total. The molecule has 4 rings (SSSR count). The molecule has 146 valence electrons. The monoisotopic (exact) mass is 421 g/mol. The molecule has 0 saturated heterocycles. The van der Waals surface area contributed by atoms with Crippen molar-refractivity contribution in [2.24, 2.45) is 5.92 Å². The molecule has 0 aromatic heterocycles. The van der Waals surface area contributed by atoms with E-state index < -0.39 is 5.92 Å². The van der Waals surface area contributed by atoms with Crippen LogP contribution < -0.4 is 5.32 Å². The van der Waals surface area contributed by atoms with Crippen molar-refractivity contribution in [1.29, 1.82) is 0 Å². The Morgan fingerprint density at radius 3 is 2.24 bits per heavy atom. The topological polar surface area (TPSA) is 46.2 Å². The first kappa shape index (κ1) is 19.7. The number of ketones is 1. The molecule has 1 heterocycles. The Morgan fingerprint density at radius 2 is 1.55 bits per heavy atom. The fourth-order valence-electron chi connectivity index (χ4n) is 3.35. The molecule has 0 bridgehead atoms. The maximum Gasteiger partial charge on any atom is 0.236 e. The Labute approximate surface area is 179 Å². The zero-order valence-corrected chi connectivity index (χ0v) is 17.3. The minimum Gasteiger partial charge on any atom is -0.325 e. The highest BCUT2D eigenvalue weighted by atomic mass is 35.5. The van der Waals surface area contributed by atoms with Gasteiger partial charge in [0.1, 0.15) is 5.92 Å². The SMILES string of the molecule is O=C(Nc1ccc(CCc2ccc(Cl)cc2)cc1)C1CSc2ccccc2C1=O. The third-order valence-electron chi connectivity index (χ3n) is 5.03. The average molecular weight is 422 g/mol. The predicted molar refractivity (Wildman–Crippen MR) is 119 cm³/mol. The number of carbonyl (C=O) groups is 2. The third kappa shape index (κ3) is 4.72. The van der Waals surface area contributed by atoms with Crippen LogP contribution in [0.5, 0.6) is 0 Å². The fourth-order valence-corrected chi connectivity index (χ4v) is 4.63. The zero-order chi connectivity index (χ0) is 20.2. The first-order valence-corrected chi connectivity index (χ1v) is 10.9. The van der Waals surface area contributed by atoms with Crippen LogP contribution in [-0.4, -0.2) is 17.4 Å². The van der Waals surface area contributed by atoms with E-state index in [9.17, 15) is 9.59 Å². The lowest BCUT2D eigenvalue weighted by Gasteiger charge is -2.22. The van der Waals surface area contributed by atoms with Gasteiger partial charge in [-0.05, 0) is 54.3 Å². The molecule has 29 heavy (non-hydrogen) atoms. The van der Waals surface area contributed by atoms with E-state index in [2.05, 4.69) is 5.32 Å². The second-order valence-corrected chi connectivity index (χ2v) is 8.53. The number of Topliss-reactive ketones (excluding diaryl/α,β-unsaturated/α-hetero) is 1. The molecule has 1 aliphatic heterocycles. The first-order chi connectivity index (χ1) is 14.1. The summed E-state index contributed by atoms with van der Waals surface area (Å²) in [5.41, 5.74) is 3.78. The maximum atomic E-state index is 12.7. The van der Waals surface area contributed by atoms with Gasteiger partial charge in [0.25, 0.3) is 0 Å². The first-order valence-electron chi connectivity index (χ1n) is 9.50. The van der Waals surface area contributed by atoms with Crippen molar-refractivity contribution in [1.82, 2.24) is 0 Å². The van der Waals surface area contributed by atoms with Gasteiger partial charge in [0.2, 0.25) is 5.91 Å². The maximum absolute atomic E-state index is 12.7. The summed E-state index contributed by atoms with van der Waals surface area (Å²) in [6, 6.07) is 23.1. The molecule has 1 unspecified atom stereocenters. The molecule has 3 aromatic rings. The summed E-state index contributed by atoms with van der Waals surface area (Å²) < 4.78 is 0. The Hall–Kier alpha value is -2.56. The minimum absolute atomic E-state index is 0.101. The van der Waals surface area contributed by atoms with Gasteiger partial charge in [-0.3, -0.25) is 9.59 Å². The number of amides is 1. The lowest BCUT2D eigenvalue weighted by molar-refractivity contribution is -0.118. The molecule has 0 saturated carbocycles. The van der Waals surface area contributed by atoms with Crippen LogP contribution in [0.3, 0.4) is 0 Å². The molecule has 1 atom stereocenters. The smallest absolute Gasteiger partial charge is 0.236 e. The second-order valence-electron chi connectivity index (χ2n) is 7.04. The largest absolute Gasteiger partial charge is 0.325 e. The van der Waals surface area contributed by atoms with Gasteiger partial charge in [-0.15, -0.1) is 11.8 Å². The number of benzene rings is 3. The van der Waals surface area contributed by atoms with E-state index >= 15 is 0 Å².